The second kappa shape index (κ2) is 5.68. The lowest BCUT2D eigenvalue weighted by Gasteiger charge is -2.27. The number of carbonyl (C=O) groups is 4. The van der Waals surface area contributed by atoms with E-state index in [-0.39, 0.29) is 24.0 Å². The number of piperidine rings is 1. The predicted molar refractivity (Wildman–Crippen MR) is 81.8 cm³/mol. The van der Waals surface area contributed by atoms with Crippen molar-refractivity contribution in [2.45, 2.75) is 18.9 Å². The highest BCUT2D eigenvalue weighted by molar-refractivity contribution is 6.25. The van der Waals surface area contributed by atoms with Crippen LogP contribution >= 0.6 is 0 Å². The van der Waals surface area contributed by atoms with Gasteiger partial charge in [-0.3, -0.25) is 29.4 Å². The molecule has 1 aromatic carbocycles. The van der Waals surface area contributed by atoms with Crippen molar-refractivity contribution in [2.24, 2.45) is 0 Å². The molecule has 0 spiro atoms. The van der Waals surface area contributed by atoms with Gasteiger partial charge in [0.2, 0.25) is 11.8 Å². The van der Waals surface area contributed by atoms with E-state index in [2.05, 4.69) is 17.2 Å². The van der Waals surface area contributed by atoms with Crippen LogP contribution < -0.4 is 10.6 Å². The zero-order valence-electron chi connectivity index (χ0n) is 12.3. The minimum absolute atomic E-state index is 0.103. The molecule has 4 amide bonds. The number of nitrogens with zero attached hydrogens (tertiary/aromatic N) is 1. The number of carbonyl (C=O) groups excluding carboxylic acids is 4. The molecule has 23 heavy (non-hydrogen) atoms. The lowest BCUT2D eigenvalue weighted by atomic mass is 10.0. The monoisotopic (exact) mass is 313 g/mol. The first-order valence-corrected chi connectivity index (χ1v) is 7.24. The summed E-state index contributed by atoms with van der Waals surface area (Å²) < 4.78 is 0. The van der Waals surface area contributed by atoms with Crippen molar-refractivity contribution < 1.29 is 19.2 Å². The van der Waals surface area contributed by atoms with Crippen LogP contribution in [0, 0.1) is 0 Å². The van der Waals surface area contributed by atoms with E-state index in [1.165, 1.54) is 0 Å². The predicted octanol–water partition coefficient (Wildman–Crippen LogP) is 0.686. The summed E-state index contributed by atoms with van der Waals surface area (Å²) in [5.74, 6) is -2.04. The van der Waals surface area contributed by atoms with Crippen molar-refractivity contribution in [1.29, 1.82) is 0 Å². The summed E-state index contributed by atoms with van der Waals surface area (Å²) in [5, 5.41) is 5.19. The van der Waals surface area contributed by atoms with Gasteiger partial charge in [-0.25, -0.2) is 0 Å². The van der Waals surface area contributed by atoms with E-state index in [4.69, 9.17) is 0 Å². The smallest absolute Gasteiger partial charge is 0.264 e. The Hall–Kier alpha value is -2.96. The fourth-order valence-electron chi connectivity index (χ4n) is 2.84. The van der Waals surface area contributed by atoms with Gasteiger partial charge in [0.25, 0.3) is 11.8 Å². The maximum Gasteiger partial charge on any atom is 0.264 e. The molecule has 7 heteroatoms. The third kappa shape index (κ3) is 2.40. The molecule has 3 rings (SSSR count). The van der Waals surface area contributed by atoms with Crippen molar-refractivity contribution in [3.05, 3.63) is 42.0 Å². The molecule has 0 bridgehead atoms. The van der Waals surface area contributed by atoms with E-state index in [0.717, 1.165) is 4.90 Å². The van der Waals surface area contributed by atoms with Crippen LogP contribution in [-0.4, -0.2) is 41.1 Å². The summed E-state index contributed by atoms with van der Waals surface area (Å²) in [4.78, 5) is 49.4. The van der Waals surface area contributed by atoms with E-state index in [9.17, 15) is 19.2 Å². The van der Waals surface area contributed by atoms with Crippen LogP contribution in [-0.2, 0) is 9.59 Å². The standard InChI is InChI=1S/C16H15N3O4/c1-2-8-17-10-5-3-4-9-13(10)16(23)19(15(9)22)11-6-7-12(20)18-14(11)21/h2-5,11,17H,1,6-8H2,(H,18,20,21)/t11-/m1/s1. The molecular formula is C16H15N3O4. The topological polar surface area (TPSA) is 95.6 Å². The molecule has 0 saturated carbocycles. The highest BCUT2D eigenvalue weighted by Crippen LogP contribution is 2.32. The summed E-state index contributed by atoms with van der Waals surface area (Å²) in [5.41, 5.74) is 1.04. The van der Waals surface area contributed by atoms with Gasteiger partial charge in [-0.1, -0.05) is 12.1 Å². The van der Waals surface area contributed by atoms with Crippen LogP contribution in [0.25, 0.3) is 0 Å². The zero-order valence-corrected chi connectivity index (χ0v) is 12.3. The van der Waals surface area contributed by atoms with Crippen LogP contribution in [0.5, 0.6) is 0 Å². The molecule has 2 aliphatic heterocycles. The number of fused-ring (bicyclic) bond motifs is 1. The first-order valence-electron chi connectivity index (χ1n) is 7.24. The van der Waals surface area contributed by atoms with Crippen LogP contribution in [0.2, 0.25) is 0 Å². The fourth-order valence-corrected chi connectivity index (χ4v) is 2.84. The number of hydrogen-bond donors (Lipinski definition) is 2. The Balaban J connectivity index is 1.96. The molecule has 2 aliphatic rings. The van der Waals surface area contributed by atoms with Gasteiger partial charge < -0.3 is 5.32 Å². The Morgan fingerprint density at radius 2 is 2.04 bits per heavy atom. The van der Waals surface area contributed by atoms with Gasteiger partial charge >= 0.3 is 0 Å². The molecule has 1 saturated heterocycles. The SMILES string of the molecule is C=CCNc1cccc2c1C(=O)N([C@@H]1CCC(=O)NC1=O)C2=O. The van der Waals surface area contributed by atoms with Crippen molar-refractivity contribution in [1.82, 2.24) is 10.2 Å². The van der Waals surface area contributed by atoms with Gasteiger partial charge in [-0.15, -0.1) is 6.58 Å². The van der Waals surface area contributed by atoms with Gasteiger partial charge in [0.05, 0.1) is 11.1 Å². The van der Waals surface area contributed by atoms with E-state index < -0.39 is 29.7 Å². The maximum atomic E-state index is 12.7. The quantitative estimate of drug-likeness (QED) is 0.630. The van der Waals surface area contributed by atoms with Crippen molar-refractivity contribution in [3.8, 4) is 0 Å². The van der Waals surface area contributed by atoms with Crippen molar-refractivity contribution in [3.63, 3.8) is 0 Å². The largest absolute Gasteiger partial charge is 0.381 e. The Morgan fingerprint density at radius 3 is 2.74 bits per heavy atom. The van der Waals surface area contributed by atoms with E-state index in [1.807, 2.05) is 0 Å². The van der Waals surface area contributed by atoms with E-state index >= 15 is 0 Å². The third-order valence-corrected chi connectivity index (χ3v) is 3.90. The normalized spacial score (nSPS) is 20.3. The van der Waals surface area contributed by atoms with Crippen LogP contribution in [0.1, 0.15) is 33.6 Å². The molecule has 0 radical (unpaired) electrons. The highest BCUT2D eigenvalue weighted by Gasteiger charge is 2.45. The Labute approximate surface area is 132 Å². The average Bonchev–Trinajstić information content (AvgIpc) is 2.78. The summed E-state index contributed by atoms with van der Waals surface area (Å²) in [6.45, 7) is 4.04. The Kier molecular flexibility index (Phi) is 3.69. The van der Waals surface area contributed by atoms with Crippen molar-refractivity contribution >= 4 is 29.3 Å². The summed E-state index contributed by atoms with van der Waals surface area (Å²) >= 11 is 0. The molecule has 7 nitrogen and oxygen atoms in total. The molecule has 0 unspecified atom stereocenters. The molecule has 1 atom stereocenters. The average molecular weight is 313 g/mol. The number of nitrogens with one attached hydrogen (secondary N) is 2. The Bertz CT molecular complexity index is 741. The Morgan fingerprint density at radius 1 is 1.26 bits per heavy atom. The first-order chi connectivity index (χ1) is 11.0. The van der Waals surface area contributed by atoms with Gasteiger partial charge in [-0.2, -0.15) is 0 Å². The molecule has 118 valence electrons. The van der Waals surface area contributed by atoms with Gasteiger partial charge in [0.15, 0.2) is 0 Å². The maximum absolute atomic E-state index is 12.7. The number of rotatable bonds is 4. The number of anilines is 1. The number of amides is 4. The van der Waals surface area contributed by atoms with Crippen molar-refractivity contribution in [2.75, 3.05) is 11.9 Å². The van der Waals surface area contributed by atoms with Crippen LogP contribution in [0.15, 0.2) is 30.9 Å². The second-order valence-electron chi connectivity index (χ2n) is 5.34. The number of imide groups is 2. The van der Waals surface area contributed by atoms with Gasteiger partial charge in [0, 0.05) is 18.7 Å². The molecule has 2 heterocycles. The third-order valence-electron chi connectivity index (χ3n) is 3.90. The minimum atomic E-state index is -0.952. The van der Waals surface area contributed by atoms with Crippen LogP contribution in [0.3, 0.4) is 0 Å². The van der Waals surface area contributed by atoms with Gasteiger partial charge in [0.1, 0.15) is 6.04 Å². The number of hydrogen-bond acceptors (Lipinski definition) is 5. The van der Waals surface area contributed by atoms with Crippen LogP contribution in [0.4, 0.5) is 5.69 Å². The summed E-state index contributed by atoms with van der Waals surface area (Å²) in [6.07, 6.45) is 1.88. The zero-order chi connectivity index (χ0) is 16.6. The lowest BCUT2D eigenvalue weighted by Crippen LogP contribution is -2.54. The van der Waals surface area contributed by atoms with Gasteiger partial charge in [-0.05, 0) is 18.6 Å². The fraction of sp³-hybridized carbons (Fsp3) is 0.250. The highest BCUT2D eigenvalue weighted by atomic mass is 16.2. The molecule has 2 N–H and O–H groups in total. The molecule has 0 aliphatic carbocycles. The number of benzene rings is 1. The minimum Gasteiger partial charge on any atom is -0.381 e. The lowest BCUT2D eigenvalue weighted by molar-refractivity contribution is -0.136. The molecular weight excluding hydrogens is 298 g/mol. The molecule has 1 aromatic rings. The summed E-state index contributed by atoms with van der Waals surface area (Å²) in [7, 11) is 0. The summed E-state index contributed by atoms with van der Waals surface area (Å²) in [6, 6.07) is 3.97. The molecule has 1 fully saturated rings. The second-order valence-corrected chi connectivity index (χ2v) is 5.34. The van der Waals surface area contributed by atoms with E-state index in [0.29, 0.717) is 12.2 Å². The van der Waals surface area contributed by atoms with E-state index in [1.54, 1.807) is 24.3 Å². The molecule has 0 aromatic heterocycles. The first kappa shape index (κ1) is 15.0.